The van der Waals surface area contributed by atoms with Crippen molar-refractivity contribution in [1.82, 2.24) is 0 Å². The molecule has 1 aliphatic heterocycles. The van der Waals surface area contributed by atoms with Gasteiger partial charge in [0, 0.05) is 12.1 Å². The molecule has 1 aromatic carbocycles. The summed E-state index contributed by atoms with van der Waals surface area (Å²) in [5, 5.41) is 0. The molecule has 1 aromatic rings. The topological polar surface area (TPSA) is 12.4 Å². The van der Waals surface area contributed by atoms with Crippen LogP contribution >= 0.6 is 0 Å². The van der Waals surface area contributed by atoms with Gasteiger partial charge in [0.2, 0.25) is 0 Å². The second-order valence-corrected chi connectivity index (χ2v) is 6.12. The molecule has 0 N–H and O–H groups in total. The van der Waals surface area contributed by atoms with Crippen molar-refractivity contribution in [2.45, 2.75) is 46.5 Å². The molecule has 0 aliphatic carbocycles. The van der Waals surface area contributed by atoms with Gasteiger partial charge in [-0.1, -0.05) is 46.8 Å². The van der Waals surface area contributed by atoms with Crippen molar-refractivity contribution < 1.29 is 4.39 Å². The average molecular weight is 233 g/mol. The van der Waals surface area contributed by atoms with E-state index in [-0.39, 0.29) is 11.2 Å². The molecule has 1 heterocycles. The van der Waals surface area contributed by atoms with Gasteiger partial charge in [-0.15, -0.1) is 0 Å². The van der Waals surface area contributed by atoms with Crippen LogP contribution in [0.2, 0.25) is 0 Å². The Balaban J connectivity index is 2.52. The standard InChI is InChI=1S/C15H20FN/c1-9(2)12-8-10-6-7-11(15(3,4)5)13(16)14(10)17-12/h6-7,9H,8H2,1-5H3. The first-order chi connectivity index (χ1) is 7.80. The van der Waals surface area contributed by atoms with Gasteiger partial charge in [-0.3, -0.25) is 4.99 Å². The molecule has 0 unspecified atom stereocenters. The van der Waals surface area contributed by atoms with Crippen LogP contribution in [0.15, 0.2) is 17.1 Å². The normalized spacial score (nSPS) is 15.1. The summed E-state index contributed by atoms with van der Waals surface area (Å²) in [5.74, 6) is 0.255. The number of halogens is 1. The maximum absolute atomic E-state index is 14.4. The Morgan fingerprint density at radius 2 is 1.88 bits per heavy atom. The Morgan fingerprint density at radius 3 is 2.41 bits per heavy atom. The summed E-state index contributed by atoms with van der Waals surface area (Å²) >= 11 is 0. The number of rotatable bonds is 1. The number of benzene rings is 1. The minimum Gasteiger partial charge on any atom is -0.254 e. The number of nitrogens with zero attached hydrogens (tertiary/aromatic N) is 1. The Kier molecular flexibility index (Phi) is 2.84. The van der Waals surface area contributed by atoms with Gasteiger partial charge in [0.1, 0.15) is 5.69 Å². The second-order valence-electron chi connectivity index (χ2n) is 6.12. The molecular weight excluding hydrogens is 213 g/mol. The van der Waals surface area contributed by atoms with Crippen molar-refractivity contribution in [3.63, 3.8) is 0 Å². The van der Waals surface area contributed by atoms with Crippen molar-refractivity contribution in [3.8, 4) is 0 Å². The molecular formula is C15H20FN. The number of fused-ring (bicyclic) bond motifs is 1. The fourth-order valence-electron chi connectivity index (χ4n) is 2.16. The van der Waals surface area contributed by atoms with Crippen LogP contribution in [-0.4, -0.2) is 5.71 Å². The van der Waals surface area contributed by atoms with Gasteiger partial charge in [0.05, 0.1) is 0 Å². The van der Waals surface area contributed by atoms with Crippen molar-refractivity contribution >= 4 is 11.4 Å². The third kappa shape index (κ3) is 2.13. The van der Waals surface area contributed by atoms with Gasteiger partial charge in [0.25, 0.3) is 0 Å². The predicted molar refractivity (Wildman–Crippen MR) is 70.7 cm³/mol. The van der Waals surface area contributed by atoms with Crippen molar-refractivity contribution in [3.05, 3.63) is 29.1 Å². The molecule has 1 aliphatic rings. The van der Waals surface area contributed by atoms with E-state index in [2.05, 4.69) is 18.8 Å². The summed E-state index contributed by atoms with van der Waals surface area (Å²) in [7, 11) is 0. The van der Waals surface area contributed by atoms with Crippen molar-refractivity contribution in [2.24, 2.45) is 10.9 Å². The Bertz CT molecular complexity index is 478. The fraction of sp³-hybridized carbons (Fsp3) is 0.533. The quantitative estimate of drug-likeness (QED) is 0.681. The molecule has 0 aromatic heterocycles. The summed E-state index contributed by atoms with van der Waals surface area (Å²) in [4.78, 5) is 4.47. The first-order valence-corrected chi connectivity index (χ1v) is 6.20. The molecule has 0 bridgehead atoms. The average Bonchev–Trinajstić information content (AvgIpc) is 2.60. The Morgan fingerprint density at radius 1 is 1.24 bits per heavy atom. The monoisotopic (exact) mass is 233 g/mol. The van der Waals surface area contributed by atoms with Crippen LogP contribution in [0.3, 0.4) is 0 Å². The molecule has 1 nitrogen and oxygen atoms in total. The fourth-order valence-corrected chi connectivity index (χ4v) is 2.16. The molecule has 92 valence electrons. The lowest BCUT2D eigenvalue weighted by Crippen LogP contribution is -2.13. The van der Waals surface area contributed by atoms with E-state index < -0.39 is 0 Å². The van der Waals surface area contributed by atoms with E-state index in [0.29, 0.717) is 11.6 Å². The van der Waals surface area contributed by atoms with E-state index in [1.165, 1.54) is 0 Å². The third-order valence-electron chi connectivity index (χ3n) is 3.30. The smallest absolute Gasteiger partial charge is 0.152 e. The van der Waals surface area contributed by atoms with E-state index in [9.17, 15) is 4.39 Å². The zero-order valence-electron chi connectivity index (χ0n) is 11.3. The van der Waals surface area contributed by atoms with E-state index in [0.717, 1.165) is 23.3 Å². The molecule has 2 heteroatoms. The van der Waals surface area contributed by atoms with Gasteiger partial charge in [-0.2, -0.15) is 0 Å². The van der Waals surface area contributed by atoms with Crippen molar-refractivity contribution in [2.75, 3.05) is 0 Å². The molecule has 0 atom stereocenters. The van der Waals surface area contributed by atoms with Gasteiger partial charge in [0.15, 0.2) is 5.82 Å². The van der Waals surface area contributed by atoms with E-state index in [4.69, 9.17) is 0 Å². The molecule has 2 rings (SSSR count). The van der Waals surface area contributed by atoms with Crippen molar-refractivity contribution in [1.29, 1.82) is 0 Å². The SMILES string of the molecule is CC(C)C1=Nc2c(ccc(C(C)(C)C)c2F)C1. The van der Waals surface area contributed by atoms with Crippen LogP contribution in [0.25, 0.3) is 0 Å². The van der Waals surface area contributed by atoms with E-state index in [1.807, 2.05) is 32.9 Å². The minimum absolute atomic E-state index is 0.134. The molecule has 0 saturated carbocycles. The van der Waals surface area contributed by atoms with Crippen LogP contribution in [0, 0.1) is 11.7 Å². The summed E-state index contributed by atoms with van der Waals surface area (Å²) < 4.78 is 14.4. The highest BCUT2D eigenvalue weighted by Gasteiger charge is 2.26. The minimum atomic E-state index is -0.171. The molecule has 0 spiro atoms. The van der Waals surface area contributed by atoms with Crippen LogP contribution in [0.4, 0.5) is 10.1 Å². The highest BCUT2D eigenvalue weighted by atomic mass is 19.1. The Hall–Kier alpha value is -1.18. The zero-order chi connectivity index (χ0) is 12.8. The largest absolute Gasteiger partial charge is 0.254 e. The van der Waals surface area contributed by atoms with Gasteiger partial charge >= 0.3 is 0 Å². The molecule has 0 saturated heterocycles. The maximum Gasteiger partial charge on any atom is 0.152 e. The molecule has 0 amide bonds. The lowest BCUT2D eigenvalue weighted by molar-refractivity contribution is 0.524. The lowest BCUT2D eigenvalue weighted by Gasteiger charge is -2.20. The molecule has 0 fully saturated rings. The maximum atomic E-state index is 14.4. The third-order valence-corrected chi connectivity index (χ3v) is 3.30. The predicted octanol–water partition coefficient (Wildman–Crippen LogP) is 4.41. The first kappa shape index (κ1) is 12.3. The highest BCUT2D eigenvalue weighted by Crippen LogP contribution is 2.37. The second kappa shape index (κ2) is 3.94. The van der Waals surface area contributed by atoms with Gasteiger partial charge in [-0.25, -0.2) is 4.39 Å². The molecule has 0 radical (unpaired) electrons. The van der Waals surface area contributed by atoms with E-state index in [1.54, 1.807) is 0 Å². The van der Waals surface area contributed by atoms with Crippen LogP contribution in [0.1, 0.15) is 45.7 Å². The summed E-state index contributed by atoms with van der Waals surface area (Å²) in [6.45, 7) is 10.3. The van der Waals surface area contributed by atoms with E-state index >= 15 is 0 Å². The number of hydrogen-bond acceptors (Lipinski definition) is 1. The highest BCUT2D eigenvalue weighted by molar-refractivity contribution is 5.95. The van der Waals surface area contributed by atoms with Gasteiger partial charge < -0.3 is 0 Å². The summed E-state index contributed by atoms with van der Waals surface area (Å²) in [6, 6.07) is 3.94. The van der Waals surface area contributed by atoms with Crippen LogP contribution in [0.5, 0.6) is 0 Å². The lowest BCUT2D eigenvalue weighted by atomic mass is 9.85. The Labute approximate surface area is 103 Å². The van der Waals surface area contributed by atoms with Crippen LogP contribution < -0.4 is 0 Å². The summed E-state index contributed by atoms with van der Waals surface area (Å²) in [6.07, 6.45) is 0.800. The van der Waals surface area contributed by atoms with Crippen LogP contribution in [-0.2, 0) is 11.8 Å². The zero-order valence-corrected chi connectivity index (χ0v) is 11.3. The number of aliphatic imine (C=N–C) groups is 1. The first-order valence-electron chi connectivity index (χ1n) is 6.20. The number of hydrogen-bond donors (Lipinski definition) is 0. The summed E-state index contributed by atoms with van der Waals surface area (Å²) in [5.41, 5.74) is 3.27. The van der Waals surface area contributed by atoms with Gasteiger partial charge in [-0.05, 0) is 22.5 Å². The molecule has 17 heavy (non-hydrogen) atoms.